The molecule has 1 fully saturated rings. The SMILES string of the molecule is COc1ccc(S(=O)(=O)NCCN2CCC(N3CCc4ccccc43)CC2)cc1. The Kier molecular flexibility index (Phi) is 6.08. The number of anilines is 1. The van der Waals surface area contributed by atoms with Crippen molar-refractivity contribution in [3.8, 4) is 5.75 Å². The number of hydrogen-bond donors (Lipinski definition) is 1. The molecule has 6 nitrogen and oxygen atoms in total. The van der Waals surface area contributed by atoms with Crippen LogP contribution in [0.4, 0.5) is 5.69 Å². The van der Waals surface area contributed by atoms with Gasteiger partial charge in [0.25, 0.3) is 0 Å². The largest absolute Gasteiger partial charge is 0.497 e. The molecular formula is C22H29N3O3S. The van der Waals surface area contributed by atoms with Crippen molar-refractivity contribution in [1.82, 2.24) is 9.62 Å². The molecule has 7 heteroatoms. The first-order valence-corrected chi connectivity index (χ1v) is 11.8. The number of hydrogen-bond acceptors (Lipinski definition) is 5. The van der Waals surface area contributed by atoms with E-state index in [0.717, 1.165) is 45.4 Å². The van der Waals surface area contributed by atoms with Crippen LogP contribution >= 0.6 is 0 Å². The maximum Gasteiger partial charge on any atom is 0.240 e. The molecule has 1 N–H and O–H groups in total. The van der Waals surface area contributed by atoms with Crippen LogP contribution in [0.2, 0.25) is 0 Å². The molecule has 0 aliphatic carbocycles. The molecule has 156 valence electrons. The van der Waals surface area contributed by atoms with Gasteiger partial charge in [-0.15, -0.1) is 0 Å². The quantitative estimate of drug-likeness (QED) is 0.753. The number of likely N-dealkylation sites (tertiary alicyclic amines) is 1. The van der Waals surface area contributed by atoms with Crippen molar-refractivity contribution < 1.29 is 13.2 Å². The molecular weight excluding hydrogens is 386 g/mol. The van der Waals surface area contributed by atoms with E-state index >= 15 is 0 Å². The lowest BCUT2D eigenvalue weighted by atomic mass is 10.0. The predicted molar refractivity (Wildman–Crippen MR) is 115 cm³/mol. The van der Waals surface area contributed by atoms with Crippen molar-refractivity contribution in [2.24, 2.45) is 0 Å². The third-order valence-corrected chi connectivity index (χ3v) is 7.49. The minimum atomic E-state index is -3.48. The van der Waals surface area contributed by atoms with E-state index < -0.39 is 10.0 Å². The van der Waals surface area contributed by atoms with Crippen molar-refractivity contribution in [3.63, 3.8) is 0 Å². The van der Waals surface area contributed by atoms with Crippen LogP contribution in [-0.4, -0.2) is 59.2 Å². The topological polar surface area (TPSA) is 61.9 Å². The average Bonchev–Trinajstić information content (AvgIpc) is 3.18. The Morgan fingerprint density at radius 2 is 1.76 bits per heavy atom. The first-order chi connectivity index (χ1) is 14.1. The number of fused-ring (bicyclic) bond motifs is 1. The first kappa shape index (κ1) is 20.2. The highest BCUT2D eigenvalue weighted by Crippen LogP contribution is 2.32. The Balaban J connectivity index is 1.24. The number of rotatable bonds is 7. The minimum absolute atomic E-state index is 0.268. The third kappa shape index (κ3) is 4.57. The summed E-state index contributed by atoms with van der Waals surface area (Å²) in [4.78, 5) is 5.19. The molecule has 0 unspecified atom stereocenters. The molecule has 2 aliphatic heterocycles. The third-order valence-electron chi connectivity index (χ3n) is 6.01. The monoisotopic (exact) mass is 415 g/mol. The Bertz CT molecular complexity index is 923. The summed E-state index contributed by atoms with van der Waals surface area (Å²) in [7, 11) is -1.92. The Labute approximate surface area is 173 Å². The Hall–Kier alpha value is -2.09. The number of nitrogens with one attached hydrogen (secondary N) is 1. The van der Waals surface area contributed by atoms with Gasteiger partial charge in [0.1, 0.15) is 5.75 Å². The smallest absolute Gasteiger partial charge is 0.240 e. The van der Waals surface area contributed by atoms with E-state index in [1.165, 1.54) is 11.3 Å². The summed E-state index contributed by atoms with van der Waals surface area (Å²) in [5.41, 5.74) is 2.86. The van der Waals surface area contributed by atoms with Crippen LogP contribution in [0.25, 0.3) is 0 Å². The van der Waals surface area contributed by atoms with Crippen LogP contribution in [0, 0.1) is 0 Å². The van der Waals surface area contributed by atoms with Crippen LogP contribution in [0.3, 0.4) is 0 Å². The maximum atomic E-state index is 12.4. The zero-order valence-corrected chi connectivity index (χ0v) is 17.7. The highest BCUT2D eigenvalue weighted by atomic mass is 32.2. The number of sulfonamides is 1. The van der Waals surface area contributed by atoms with Crippen molar-refractivity contribution in [2.45, 2.75) is 30.2 Å². The van der Waals surface area contributed by atoms with Crippen molar-refractivity contribution in [3.05, 3.63) is 54.1 Å². The van der Waals surface area contributed by atoms with Gasteiger partial charge in [0.2, 0.25) is 10.0 Å². The van der Waals surface area contributed by atoms with E-state index in [4.69, 9.17) is 4.74 Å². The molecule has 0 atom stereocenters. The fourth-order valence-electron chi connectivity index (χ4n) is 4.37. The molecule has 0 aromatic heterocycles. The number of piperidine rings is 1. The molecule has 2 heterocycles. The van der Waals surface area contributed by atoms with Gasteiger partial charge in [-0.2, -0.15) is 0 Å². The zero-order valence-electron chi connectivity index (χ0n) is 16.9. The fraction of sp³-hybridized carbons (Fsp3) is 0.455. The van der Waals surface area contributed by atoms with Gasteiger partial charge >= 0.3 is 0 Å². The second-order valence-electron chi connectivity index (χ2n) is 7.72. The summed E-state index contributed by atoms with van der Waals surface area (Å²) in [6.45, 7) is 4.29. The van der Waals surface area contributed by atoms with Crippen molar-refractivity contribution in [1.29, 1.82) is 0 Å². The summed E-state index contributed by atoms with van der Waals surface area (Å²) in [5.74, 6) is 0.646. The van der Waals surface area contributed by atoms with E-state index in [-0.39, 0.29) is 4.90 Å². The van der Waals surface area contributed by atoms with Gasteiger partial charge in [0, 0.05) is 44.5 Å². The molecule has 2 aromatic carbocycles. The van der Waals surface area contributed by atoms with E-state index in [9.17, 15) is 8.42 Å². The number of para-hydroxylation sites is 1. The van der Waals surface area contributed by atoms with Gasteiger partial charge in [-0.05, 0) is 55.2 Å². The fourth-order valence-corrected chi connectivity index (χ4v) is 5.40. The van der Waals surface area contributed by atoms with Gasteiger partial charge in [0.15, 0.2) is 0 Å². The summed E-state index contributed by atoms with van der Waals surface area (Å²) in [6, 6.07) is 15.8. The van der Waals surface area contributed by atoms with Crippen LogP contribution in [0.1, 0.15) is 18.4 Å². The molecule has 0 saturated carbocycles. The summed E-state index contributed by atoms with van der Waals surface area (Å²) < 4.78 is 32.7. The van der Waals surface area contributed by atoms with Gasteiger partial charge in [0.05, 0.1) is 12.0 Å². The van der Waals surface area contributed by atoms with Gasteiger partial charge < -0.3 is 14.5 Å². The molecule has 4 rings (SSSR count). The van der Waals surface area contributed by atoms with E-state index in [1.54, 1.807) is 31.4 Å². The van der Waals surface area contributed by atoms with Crippen LogP contribution in [-0.2, 0) is 16.4 Å². The minimum Gasteiger partial charge on any atom is -0.497 e. The van der Waals surface area contributed by atoms with E-state index in [1.807, 2.05) is 0 Å². The molecule has 0 bridgehead atoms. The molecule has 0 amide bonds. The van der Waals surface area contributed by atoms with Gasteiger partial charge in [-0.3, -0.25) is 0 Å². The highest BCUT2D eigenvalue weighted by Gasteiger charge is 2.29. The molecule has 0 spiro atoms. The van der Waals surface area contributed by atoms with Crippen LogP contribution < -0.4 is 14.4 Å². The molecule has 2 aromatic rings. The lowest BCUT2D eigenvalue weighted by molar-refractivity contribution is 0.213. The lowest BCUT2D eigenvalue weighted by Gasteiger charge is -2.38. The van der Waals surface area contributed by atoms with E-state index in [2.05, 4.69) is 38.8 Å². The second-order valence-corrected chi connectivity index (χ2v) is 9.49. The van der Waals surface area contributed by atoms with Gasteiger partial charge in [-0.1, -0.05) is 18.2 Å². The van der Waals surface area contributed by atoms with Gasteiger partial charge in [-0.25, -0.2) is 13.1 Å². The molecule has 29 heavy (non-hydrogen) atoms. The molecule has 2 aliphatic rings. The molecule has 0 radical (unpaired) electrons. The number of methoxy groups -OCH3 is 1. The number of benzene rings is 2. The van der Waals surface area contributed by atoms with Crippen molar-refractivity contribution >= 4 is 15.7 Å². The number of nitrogens with zero attached hydrogens (tertiary/aromatic N) is 2. The lowest BCUT2D eigenvalue weighted by Crippen LogP contribution is -2.46. The predicted octanol–water partition coefficient (Wildman–Crippen LogP) is 2.50. The molecule has 1 saturated heterocycles. The maximum absolute atomic E-state index is 12.4. The second kappa shape index (κ2) is 8.73. The van der Waals surface area contributed by atoms with Crippen molar-refractivity contribution in [2.75, 3.05) is 44.7 Å². The highest BCUT2D eigenvalue weighted by molar-refractivity contribution is 7.89. The Morgan fingerprint density at radius 1 is 1.03 bits per heavy atom. The van der Waals surface area contributed by atoms with Crippen LogP contribution in [0.5, 0.6) is 5.75 Å². The average molecular weight is 416 g/mol. The normalized spacial score (nSPS) is 18.0. The van der Waals surface area contributed by atoms with Crippen LogP contribution in [0.15, 0.2) is 53.4 Å². The standard InChI is InChI=1S/C22H29N3O3S/c1-28-20-6-8-21(9-7-20)29(26,27)23-13-17-24-14-11-19(12-15-24)25-16-10-18-4-2-3-5-22(18)25/h2-9,19,23H,10-17H2,1H3. The zero-order chi connectivity index (χ0) is 20.3. The first-order valence-electron chi connectivity index (χ1n) is 10.3. The summed E-state index contributed by atoms with van der Waals surface area (Å²) in [6.07, 6.45) is 3.39. The Morgan fingerprint density at radius 3 is 2.48 bits per heavy atom. The van der Waals surface area contributed by atoms with E-state index in [0.29, 0.717) is 18.3 Å². The summed E-state index contributed by atoms with van der Waals surface area (Å²) >= 11 is 0. The summed E-state index contributed by atoms with van der Waals surface area (Å²) in [5, 5.41) is 0. The number of ether oxygens (including phenoxy) is 1.